The third kappa shape index (κ3) is 6.79. The summed E-state index contributed by atoms with van der Waals surface area (Å²) >= 11 is 0. The van der Waals surface area contributed by atoms with Crippen LogP contribution in [0.5, 0.6) is 5.75 Å². The van der Waals surface area contributed by atoms with E-state index in [2.05, 4.69) is 5.32 Å². The molecule has 2 rings (SSSR count). The first kappa shape index (κ1) is 22.2. The third-order valence-corrected chi connectivity index (χ3v) is 3.74. The average Bonchev–Trinajstić information content (AvgIpc) is 2.68. The number of methoxy groups -OCH3 is 1. The summed E-state index contributed by atoms with van der Waals surface area (Å²) in [7, 11) is 1.48. The minimum atomic E-state index is -4.50. The van der Waals surface area contributed by atoms with E-state index in [4.69, 9.17) is 14.2 Å². The van der Waals surface area contributed by atoms with Crippen molar-refractivity contribution in [1.82, 2.24) is 0 Å². The van der Waals surface area contributed by atoms with Crippen LogP contribution < -0.4 is 10.1 Å². The number of halogens is 3. The smallest absolute Gasteiger partial charge is 0.416 e. The largest absolute Gasteiger partial charge is 0.479 e. The predicted molar refractivity (Wildman–Crippen MR) is 98.8 cm³/mol. The van der Waals surface area contributed by atoms with Crippen molar-refractivity contribution < 1.29 is 37.0 Å². The zero-order valence-electron chi connectivity index (χ0n) is 15.8. The Kier molecular flexibility index (Phi) is 7.60. The van der Waals surface area contributed by atoms with Crippen LogP contribution in [0.2, 0.25) is 0 Å². The first-order valence-corrected chi connectivity index (χ1v) is 8.61. The molecule has 0 radical (unpaired) electrons. The Morgan fingerprint density at radius 2 is 1.76 bits per heavy atom. The summed E-state index contributed by atoms with van der Waals surface area (Å²) in [5, 5.41) is 2.41. The van der Waals surface area contributed by atoms with Gasteiger partial charge >= 0.3 is 12.1 Å². The maximum atomic E-state index is 12.8. The van der Waals surface area contributed by atoms with E-state index in [0.29, 0.717) is 5.75 Å². The van der Waals surface area contributed by atoms with E-state index < -0.39 is 29.7 Å². The van der Waals surface area contributed by atoms with Crippen LogP contribution in [0.4, 0.5) is 18.9 Å². The number of alkyl halides is 3. The summed E-state index contributed by atoms with van der Waals surface area (Å²) in [5.74, 6) is -0.812. The molecule has 0 heterocycles. The second-order valence-corrected chi connectivity index (χ2v) is 5.98. The van der Waals surface area contributed by atoms with Crippen molar-refractivity contribution in [2.75, 3.05) is 25.6 Å². The molecule has 1 atom stereocenters. The van der Waals surface area contributed by atoms with Gasteiger partial charge in [-0.3, -0.25) is 4.79 Å². The van der Waals surface area contributed by atoms with Crippen molar-refractivity contribution in [3.05, 3.63) is 59.7 Å². The standard InChI is InChI=1S/C20H20F3NO5/c1-13(19(26)28-11-10-27-2)29-17-8-6-14(7-9-17)18(25)24-16-5-3-4-15(12-16)20(21,22)23/h3-9,12-13H,10-11H2,1-2H3,(H,24,25)/t13-/m0/s1. The minimum Gasteiger partial charge on any atom is -0.479 e. The highest BCUT2D eigenvalue weighted by molar-refractivity contribution is 6.04. The first-order chi connectivity index (χ1) is 13.7. The predicted octanol–water partition coefficient (Wildman–Crippen LogP) is 3.91. The highest BCUT2D eigenvalue weighted by Gasteiger charge is 2.30. The zero-order valence-corrected chi connectivity index (χ0v) is 15.8. The van der Waals surface area contributed by atoms with E-state index in [9.17, 15) is 22.8 Å². The lowest BCUT2D eigenvalue weighted by atomic mass is 10.1. The maximum absolute atomic E-state index is 12.8. The number of anilines is 1. The molecule has 0 saturated heterocycles. The number of carbonyl (C=O) groups excluding carboxylic acids is 2. The molecular formula is C20H20F3NO5. The fourth-order valence-corrected chi connectivity index (χ4v) is 2.26. The Bertz CT molecular complexity index is 837. The van der Waals surface area contributed by atoms with Crippen molar-refractivity contribution in [2.45, 2.75) is 19.2 Å². The minimum absolute atomic E-state index is 0.0255. The highest BCUT2D eigenvalue weighted by atomic mass is 19.4. The number of nitrogens with one attached hydrogen (secondary N) is 1. The lowest BCUT2D eigenvalue weighted by molar-refractivity contribution is -0.152. The van der Waals surface area contributed by atoms with E-state index in [-0.39, 0.29) is 24.5 Å². The number of ether oxygens (including phenoxy) is 3. The summed E-state index contributed by atoms with van der Waals surface area (Å²) in [6, 6.07) is 10.2. The second kappa shape index (κ2) is 9.92. The Balaban J connectivity index is 1.96. The lowest BCUT2D eigenvalue weighted by Crippen LogP contribution is -2.27. The van der Waals surface area contributed by atoms with Gasteiger partial charge in [-0.1, -0.05) is 6.07 Å². The number of amides is 1. The summed E-state index contributed by atoms with van der Waals surface area (Å²) < 4.78 is 53.4. The molecule has 0 aliphatic heterocycles. The average molecular weight is 411 g/mol. The molecule has 2 aromatic rings. The Labute approximate surface area is 165 Å². The number of rotatable bonds is 8. The van der Waals surface area contributed by atoms with Crippen LogP contribution in [-0.4, -0.2) is 38.3 Å². The molecule has 29 heavy (non-hydrogen) atoms. The summed E-state index contributed by atoms with van der Waals surface area (Å²) in [6.07, 6.45) is -5.36. The summed E-state index contributed by atoms with van der Waals surface area (Å²) in [6.45, 7) is 1.90. The molecule has 0 aliphatic rings. The van der Waals surface area contributed by atoms with Crippen molar-refractivity contribution in [1.29, 1.82) is 0 Å². The normalized spacial score (nSPS) is 12.2. The third-order valence-electron chi connectivity index (χ3n) is 3.74. The van der Waals surface area contributed by atoms with E-state index in [1.807, 2.05) is 0 Å². The van der Waals surface area contributed by atoms with Crippen LogP contribution in [0.15, 0.2) is 48.5 Å². The molecule has 1 N–H and O–H groups in total. The molecule has 0 bridgehead atoms. The van der Waals surface area contributed by atoms with Gasteiger partial charge in [-0.05, 0) is 49.4 Å². The van der Waals surface area contributed by atoms with E-state index in [0.717, 1.165) is 12.1 Å². The van der Waals surface area contributed by atoms with Gasteiger partial charge in [0.25, 0.3) is 5.91 Å². The molecule has 0 spiro atoms. The van der Waals surface area contributed by atoms with Gasteiger partial charge in [0.15, 0.2) is 6.10 Å². The molecule has 0 unspecified atom stereocenters. The number of benzene rings is 2. The molecule has 9 heteroatoms. The van der Waals surface area contributed by atoms with Crippen LogP contribution >= 0.6 is 0 Å². The van der Waals surface area contributed by atoms with Crippen LogP contribution in [0.3, 0.4) is 0 Å². The molecule has 0 aliphatic carbocycles. The van der Waals surface area contributed by atoms with E-state index >= 15 is 0 Å². The number of carbonyl (C=O) groups is 2. The Morgan fingerprint density at radius 1 is 1.07 bits per heavy atom. The van der Waals surface area contributed by atoms with Crippen LogP contribution in [0.25, 0.3) is 0 Å². The Hall–Kier alpha value is -3.07. The first-order valence-electron chi connectivity index (χ1n) is 8.61. The molecule has 0 saturated carbocycles. The van der Waals surface area contributed by atoms with Crippen LogP contribution in [-0.2, 0) is 20.4 Å². The Morgan fingerprint density at radius 3 is 2.38 bits per heavy atom. The molecule has 156 valence electrons. The molecular weight excluding hydrogens is 391 g/mol. The SMILES string of the molecule is COCCOC(=O)[C@H](C)Oc1ccc(C(=O)Nc2cccc(C(F)(F)F)c2)cc1. The summed E-state index contributed by atoms with van der Waals surface area (Å²) in [4.78, 5) is 24.0. The maximum Gasteiger partial charge on any atom is 0.416 e. The molecule has 0 aromatic heterocycles. The molecule has 0 fully saturated rings. The van der Waals surface area contributed by atoms with Gasteiger partial charge < -0.3 is 19.5 Å². The fourth-order valence-electron chi connectivity index (χ4n) is 2.26. The molecule has 2 aromatic carbocycles. The van der Waals surface area contributed by atoms with Gasteiger partial charge in [0, 0.05) is 18.4 Å². The van der Waals surface area contributed by atoms with Gasteiger partial charge in [-0.2, -0.15) is 13.2 Å². The van der Waals surface area contributed by atoms with Crippen molar-refractivity contribution >= 4 is 17.6 Å². The van der Waals surface area contributed by atoms with Gasteiger partial charge in [-0.15, -0.1) is 0 Å². The monoisotopic (exact) mass is 411 g/mol. The highest BCUT2D eigenvalue weighted by Crippen LogP contribution is 2.30. The van der Waals surface area contributed by atoms with Crippen molar-refractivity contribution in [3.8, 4) is 5.75 Å². The van der Waals surface area contributed by atoms with Crippen molar-refractivity contribution in [3.63, 3.8) is 0 Å². The number of hydrogen-bond donors (Lipinski definition) is 1. The van der Waals surface area contributed by atoms with E-state index in [1.54, 1.807) is 0 Å². The van der Waals surface area contributed by atoms with Crippen LogP contribution in [0.1, 0.15) is 22.8 Å². The lowest BCUT2D eigenvalue weighted by Gasteiger charge is -2.14. The fraction of sp³-hybridized carbons (Fsp3) is 0.300. The van der Waals surface area contributed by atoms with Crippen LogP contribution in [0, 0.1) is 0 Å². The number of hydrogen-bond acceptors (Lipinski definition) is 5. The summed E-state index contributed by atoms with van der Waals surface area (Å²) in [5.41, 5.74) is -0.618. The van der Waals surface area contributed by atoms with E-state index in [1.165, 1.54) is 50.4 Å². The molecule has 6 nitrogen and oxygen atoms in total. The van der Waals surface area contributed by atoms with Gasteiger partial charge in [0.2, 0.25) is 0 Å². The zero-order chi connectivity index (χ0) is 21.4. The van der Waals surface area contributed by atoms with Gasteiger partial charge in [-0.25, -0.2) is 4.79 Å². The van der Waals surface area contributed by atoms with Gasteiger partial charge in [0.05, 0.1) is 12.2 Å². The topological polar surface area (TPSA) is 73.9 Å². The number of esters is 1. The van der Waals surface area contributed by atoms with Crippen molar-refractivity contribution in [2.24, 2.45) is 0 Å². The van der Waals surface area contributed by atoms with Gasteiger partial charge in [0.1, 0.15) is 12.4 Å². The quantitative estimate of drug-likeness (QED) is 0.527. The molecule has 1 amide bonds. The second-order valence-electron chi connectivity index (χ2n) is 5.98.